The topological polar surface area (TPSA) is 76.4 Å². The first kappa shape index (κ1) is 15.9. The number of anilines is 2. The van der Waals surface area contributed by atoms with E-state index in [1.54, 1.807) is 6.07 Å². The highest BCUT2D eigenvalue weighted by Crippen LogP contribution is 2.37. The lowest BCUT2D eigenvalue weighted by molar-refractivity contribution is 0.0954. The molecule has 4 N–H and O–H groups in total. The Hall–Kier alpha value is -1.94. The Balaban J connectivity index is 2.11. The number of nitrogen functional groups attached to an aromatic ring is 1. The first-order chi connectivity index (χ1) is 11.0. The van der Waals surface area contributed by atoms with Crippen LogP contribution in [0.4, 0.5) is 20.2 Å². The molecule has 120 valence electrons. The molecular weight excluding hydrogens is 419 g/mol. The summed E-state index contributed by atoms with van der Waals surface area (Å²) in [4.78, 5) is 11.9. The van der Waals surface area contributed by atoms with Crippen LogP contribution in [-0.4, -0.2) is 12.5 Å². The Morgan fingerprint density at radius 2 is 2.09 bits per heavy atom. The number of hydrogen-bond acceptors (Lipinski definition) is 4. The number of hydrogen-bond donors (Lipinski definition) is 3. The van der Waals surface area contributed by atoms with Crippen molar-refractivity contribution in [2.24, 2.45) is 5.84 Å². The highest BCUT2D eigenvalue weighted by atomic mass is 127. The summed E-state index contributed by atoms with van der Waals surface area (Å²) in [5.74, 6) is 3.26. The van der Waals surface area contributed by atoms with Crippen molar-refractivity contribution in [2.45, 2.75) is 6.42 Å². The zero-order chi connectivity index (χ0) is 16.6. The maximum absolute atomic E-state index is 14.7. The third kappa shape index (κ3) is 2.95. The quantitative estimate of drug-likeness (QED) is 0.303. The molecule has 1 aliphatic heterocycles. The number of benzene rings is 2. The van der Waals surface area contributed by atoms with Crippen molar-refractivity contribution >= 4 is 39.9 Å². The standard InChI is InChI=1S/C15H12F2IN3O2/c16-10-6-8(18)1-2-11(10)20-13-9(15(22)21-19)5-7-3-4-23-14(7)12(13)17/h1-2,5-6,20H,3-4,19H2,(H,21,22). The van der Waals surface area contributed by atoms with Gasteiger partial charge >= 0.3 is 0 Å². The molecule has 8 heteroatoms. The fourth-order valence-corrected chi connectivity index (χ4v) is 2.85. The van der Waals surface area contributed by atoms with E-state index in [1.807, 2.05) is 28.0 Å². The van der Waals surface area contributed by atoms with Gasteiger partial charge in [0.15, 0.2) is 11.6 Å². The van der Waals surface area contributed by atoms with E-state index in [0.717, 1.165) is 0 Å². The van der Waals surface area contributed by atoms with Gasteiger partial charge in [-0.05, 0) is 46.9 Å². The second-order valence-corrected chi connectivity index (χ2v) is 6.17. The molecule has 0 fully saturated rings. The van der Waals surface area contributed by atoms with Crippen LogP contribution in [0.5, 0.6) is 5.75 Å². The van der Waals surface area contributed by atoms with Gasteiger partial charge in [0.2, 0.25) is 0 Å². The number of carbonyl (C=O) groups excluding carboxylic acids is 1. The number of nitrogens with one attached hydrogen (secondary N) is 2. The number of halogens is 3. The normalized spacial score (nSPS) is 12.5. The highest BCUT2D eigenvalue weighted by Gasteiger charge is 2.26. The molecule has 2 aromatic rings. The number of nitrogens with two attached hydrogens (primary N) is 1. The number of rotatable bonds is 3. The lowest BCUT2D eigenvalue weighted by Gasteiger charge is -2.15. The molecule has 1 aliphatic rings. The molecule has 2 aromatic carbocycles. The summed E-state index contributed by atoms with van der Waals surface area (Å²) in [6, 6.07) is 5.93. The second-order valence-electron chi connectivity index (χ2n) is 4.92. The molecule has 0 aliphatic carbocycles. The monoisotopic (exact) mass is 431 g/mol. The van der Waals surface area contributed by atoms with Crippen molar-refractivity contribution in [2.75, 3.05) is 11.9 Å². The van der Waals surface area contributed by atoms with Crippen LogP contribution in [0.1, 0.15) is 15.9 Å². The zero-order valence-corrected chi connectivity index (χ0v) is 13.9. The summed E-state index contributed by atoms with van der Waals surface area (Å²) < 4.78 is 34.7. The molecule has 0 spiro atoms. The minimum Gasteiger partial charge on any atom is -0.490 e. The molecule has 0 unspecified atom stereocenters. The van der Waals surface area contributed by atoms with E-state index in [4.69, 9.17) is 10.6 Å². The Morgan fingerprint density at radius 3 is 2.78 bits per heavy atom. The van der Waals surface area contributed by atoms with Gasteiger partial charge in [0, 0.05) is 15.6 Å². The Kier molecular flexibility index (Phi) is 4.35. The van der Waals surface area contributed by atoms with Crippen molar-refractivity contribution in [1.29, 1.82) is 0 Å². The largest absolute Gasteiger partial charge is 0.490 e. The van der Waals surface area contributed by atoms with E-state index in [-0.39, 0.29) is 22.7 Å². The third-order valence-corrected chi connectivity index (χ3v) is 4.15. The van der Waals surface area contributed by atoms with Crippen LogP contribution >= 0.6 is 22.6 Å². The number of hydrazine groups is 1. The van der Waals surface area contributed by atoms with E-state index in [9.17, 15) is 13.6 Å². The molecule has 1 heterocycles. The van der Waals surface area contributed by atoms with Gasteiger partial charge in [-0.2, -0.15) is 0 Å². The van der Waals surface area contributed by atoms with Gasteiger partial charge in [0.05, 0.1) is 23.5 Å². The Morgan fingerprint density at radius 1 is 1.30 bits per heavy atom. The number of ether oxygens (including phenoxy) is 1. The lowest BCUT2D eigenvalue weighted by atomic mass is 10.0. The minimum absolute atomic E-state index is 0.00722. The highest BCUT2D eigenvalue weighted by molar-refractivity contribution is 14.1. The van der Waals surface area contributed by atoms with Crippen molar-refractivity contribution < 1.29 is 18.3 Å². The van der Waals surface area contributed by atoms with Crippen molar-refractivity contribution in [1.82, 2.24) is 5.43 Å². The van der Waals surface area contributed by atoms with Crippen LogP contribution in [0, 0.1) is 15.2 Å². The van der Waals surface area contributed by atoms with Crippen molar-refractivity contribution in [3.05, 3.63) is 50.6 Å². The van der Waals surface area contributed by atoms with Crippen LogP contribution < -0.4 is 21.3 Å². The maximum atomic E-state index is 14.7. The molecule has 0 saturated carbocycles. The summed E-state index contributed by atoms with van der Waals surface area (Å²) in [5, 5.41) is 2.63. The van der Waals surface area contributed by atoms with E-state index in [0.29, 0.717) is 22.2 Å². The predicted octanol–water partition coefficient (Wildman–Crippen LogP) is 2.85. The number of fused-ring (bicyclic) bond motifs is 1. The fourth-order valence-electron chi connectivity index (χ4n) is 2.39. The maximum Gasteiger partial charge on any atom is 0.267 e. The van der Waals surface area contributed by atoms with Crippen LogP contribution in [0.2, 0.25) is 0 Å². The van der Waals surface area contributed by atoms with Gasteiger partial charge < -0.3 is 10.1 Å². The van der Waals surface area contributed by atoms with Gasteiger partial charge in [0.1, 0.15) is 5.82 Å². The Bertz CT molecular complexity index is 799. The molecule has 0 radical (unpaired) electrons. The van der Waals surface area contributed by atoms with Crippen molar-refractivity contribution in [3.8, 4) is 5.75 Å². The summed E-state index contributed by atoms with van der Waals surface area (Å²) in [7, 11) is 0. The fraction of sp³-hybridized carbons (Fsp3) is 0.133. The van der Waals surface area contributed by atoms with Gasteiger partial charge in [-0.3, -0.25) is 10.2 Å². The van der Waals surface area contributed by atoms with Crippen LogP contribution in [0.15, 0.2) is 24.3 Å². The minimum atomic E-state index is -0.739. The molecular formula is C15H12F2IN3O2. The molecule has 0 saturated heterocycles. The Labute approximate surface area is 144 Å². The lowest BCUT2D eigenvalue weighted by Crippen LogP contribution is -2.30. The van der Waals surface area contributed by atoms with Crippen LogP contribution in [-0.2, 0) is 6.42 Å². The molecule has 0 bridgehead atoms. The van der Waals surface area contributed by atoms with Gasteiger partial charge in [-0.25, -0.2) is 14.6 Å². The summed E-state index contributed by atoms with van der Waals surface area (Å²) in [6.07, 6.45) is 0.495. The molecule has 0 aromatic heterocycles. The van der Waals surface area contributed by atoms with Gasteiger partial charge in [0.25, 0.3) is 5.91 Å². The molecule has 0 atom stereocenters. The van der Waals surface area contributed by atoms with Gasteiger partial charge in [-0.1, -0.05) is 0 Å². The number of amides is 1. The first-order valence-electron chi connectivity index (χ1n) is 6.72. The summed E-state index contributed by atoms with van der Waals surface area (Å²) in [6.45, 7) is 0.331. The molecule has 23 heavy (non-hydrogen) atoms. The van der Waals surface area contributed by atoms with Crippen molar-refractivity contribution in [3.63, 3.8) is 0 Å². The predicted molar refractivity (Wildman–Crippen MR) is 89.7 cm³/mol. The average Bonchev–Trinajstić information content (AvgIpc) is 3.00. The molecule has 5 nitrogen and oxygen atoms in total. The summed E-state index contributed by atoms with van der Waals surface area (Å²) in [5.41, 5.74) is 2.42. The van der Waals surface area contributed by atoms with E-state index in [1.165, 1.54) is 18.2 Å². The van der Waals surface area contributed by atoms with Gasteiger partial charge in [-0.15, -0.1) is 0 Å². The number of carbonyl (C=O) groups is 1. The molecule has 3 rings (SSSR count). The smallest absolute Gasteiger partial charge is 0.267 e. The average molecular weight is 431 g/mol. The van der Waals surface area contributed by atoms with E-state index >= 15 is 0 Å². The zero-order valence-electron chi connectivity index (χ0n) is 11.8. The van der Waals surface area contributed by atoms with E-state index in [2.05, 4.69) is 5.32 Å². The van der Waals surface area contributed by atoms with Crippen LogP contribution in [0.3, 0.4) is 0 Å². The second kappa shape index (κ2) is 6.28. The first-order valence-corrected chi connectivity index (χ1v) is 7.80. The SMILES string of the molecule is NNC(=O)c1cc2c(c(F)c1Nc1ccc(I)cc1F)OCC2. The third-order valence-electron chi connectivity index (χ3n) is 3.48. The molecule has 1 amide bonds. The van der Waals surface area contributed by atoms with E-state index < -0.39 is 17.5 Å². The summed E-state index contributed by atoms with van der Waals surface area (Å²) >= 11 is 1.96. The van der Waals surface area contributed by atoms with Crippen LogP contribution in [0.25, 0.3) is 0 Å².